The number of nitrogens with zero attached hydrogens (tertiary/aromatic N) is 1. The number of aryl methyl sites for hydroxylation is 1. The van der Waals surface area contributed by atoms with Crippen LogP contribution in [0.4, 0.5) is 0 Å². The van der Waals surface area contributed by atoms with E-state index in [-0.39, 0.29) is 18.5 Å². The Hall–Kier alpha value is -1.05. The van der Waals surface area contributed by atoms with Crippen LogP contribution in [0, 0.1) is 6.92 Å². The molecule has 94 valence electrons. The van der Waals surface area contributed by atoms with Gasteiger partial charge in [-0.15, -0.1) is 11.8 Å². The van der Waals surface area contributed by atoms with E-state index in [1.807, 2.05) is 0 Å². The monoisotopic (exact) mass is 258 g/mol. The SMILES string of the molecule is Cc1cn([C@]2(CO)C[C@@H](CO)S2)c(=O)[nH]c1=O. The van der Waals surface area contributed by atoms with E-state index in [9.17, 15) is 14.7 Å². The highest BCUT2D eigenvalue weighted by molar-refractivity contribution is 8.02. The van der Waals surface area contributed by atoms with Gasteiger partial charge in [-0.05, 0) is 13.3 Å². The first-order valence-electron chi connectivity index (χ1n) is 5.25. The van der Waals surface area contributed by atoms with Crippen molar-refractivity contribution in [2.24, 2.45) is 0 Å². The Morgan fingerprint density at radius 1 is 1.59 bits per heavy atom. The van der Waals surface area contributed by atoms with Gasteiger partial charge in [0.25, 0.3) is 5.56 Å². The molecule has 1 aromatic heterocycles. The molecule has 1 fully saturated rings. The van der Waals surface area contributed by atoms with Crippen LogP contribution < -0.4 is 11.2 Å². The average molecular weight is 258 g/mol. The number of hydrogen-bond acceptors (Lipinski definition) is 5. The van der Waals surface area contributed by atoms with Crippen molar-refractivity contribution in [3.63, 3.8) is 0 Å². The molecular formula is C10H14N2O4S. The third-order valence-corrected chi connectivity index (χ3v) is 4.52. The summed E-state index contributed by atoms with van der Waals surface area (Å²) in [5.41, 5.74) is -0.522. The van der Waals surface area contributed by atoms with Crippen LogP contribution in [0.2, 0.25) is 0 Å². The summed E-state index contributed by atoms with van der Waals surface area (Å²) < 4.78 is 1.35. The van der Waals surface area contributed by atoms with Crippen molar-refractivity contribution in [2.75, 3.05) is 13.2 Å². The van der Waals surface area contributed by atoms with Gasteiger partial charge in [0.05, 0.1) is 13.2 Å². The van der Waals surface area contributed by atoms with E-state index in [0.717, 1.165) is 0 Å². The molecular weight excluding hydrogens is 244 g/mol. The molecule has 3 N–H and O–H groups in total. The Labute approximate surface area is 101 Å². The summed E-state index contributed by atoms with van der Waals surface area (Å²) in [6, 6.07) is 0. The molecule has 1 aliphatic heterocycles. The fourth-order valence-corrected chi connectivity index (χ4v) is 3.34. The maximum absolute atomic E-state index is 11.7. The summed E-state index contributed by atoms with van der Waals surface area (Å²) >= 11 is 1.34. The van der Waals surface area contributed by atoms with Crippen molar-refractivity contribution in [2.45, 2.75) is 23.5 Å². The number of hydrogen-bond donors (Lipinski definition) is 3. The molecule has 17 heavy (non-hydrogen) atoms. The highest BCUT2D eigenvalue weighted by Gasteiger charge is 2.46. The zero-order chi connectivity index (χ0) is 12.6. The summed E-state index contributed by atoms with van der Waals surface area (Å²) in [5, 5.41) is 18.4. The lowest BCUT2D eigenvalue weighted by molar-refractivity contribution is 0.160. The van der Waals surface area contributed by atoms with Crippen molar-refractivity contribution in [1.82, 2.24) is 9.55 Å². The van der Waals surface area contributed by atoms with Gasteiger partial charge in [0.2, 0.25) is 0 Å². The molecule has 0 spiro atoms. The van der Waals surface area contributed by atoms with Gasteiger partial charge in [-0.1, -0.05) is 0 Å². The molecule has 6 nitrogen and oxygen atoms in total. The average Bonchev–Trinajstić information content (AvgIpc) is 2.24. The third-order valence-electron chi connectivity index (χ3n) is 2.94. The Kier molecular flexibility index (Phi) is 3.15. The van der Waals surface area contributed by atoms with Crippen molar-refractivity contribution < 1.29 is 10.2 Å². The summed E-state index contributed by atoms with van der Waals surface area (Å²) in [7, 11) is 0. The summed E-state index contributed by atoms with van der Waals surface area (Å²) in [5.74, 6) is 0. The molecule has 0 aliphatic carbocycles. The largest absolute Gasteiger partial charge is 0.395 e. The van der Waals surface area contributed by atoms with E-state index in [0.29, 0.717) is 12.0 Å². The maximum atomic E-state index is 11.7. The summed E-state index contributed by atoms with van der Waals surface area (Å²) in [6.07, 6.45) is 1.97. The molecule has 0 radical (unpaired) electrons. The van der Waals surface area contributed by atoms with E-state index < -0.39 is 16.1 Å². The smallest absolute Gasteiger partial charge is 0.329 e. The lowest BCUT2D eigenvalue weighted by Crippen LogP contribution is -2.53. The molecule has 0 aromatic carbocycles. The number of nitrogens with one attached hydrogen (secondary N) is 1. The predicted molar refractivity (Wildman–Crippen MR) is 64.2 cm³/mol. The first-order chi connectivity index (χ1) is 8.02. The summed E-state index contributed by atoms with van der Waals surface area (Å²) in [6.45, 7) is 1.41. The molecule has 2 rings (SSSR count). The van der Waals surface area contributed by atoms with Crippen LogP contribution >= 0.6 is 11.8 Å². The normalized spacial score (nSPS) is 27.8. The van der Waals surface area contributed by atoms with Crippen molar-refractivity contribution in [3.8, 4) is 0 Å². The number of aliphatic hydroxyl groups is 2. The summed E-state index contributed by atoms with van der Waals surface area (Å²) in [4.78, 5) is 24.4. The zero-order valence-electron chi connectivity index (χ0n) is 9.34. The standard InChI is InChI=1S/C10H14N2O4S/c1-6-3-12(9(16)11-8(6)15)10(5-14)2-7(4-13)17-10/h3,7,13-14H,2,4-5H2,1H3,(H,11,15,16)/t7-,10+/m0/s1. The quantitative estimate of drug-likeness (QED) is 0.645. The number of aromatic amines is 1. The minimum Gasteiger partial charge on any atom is -0.395 e. The number of H-pyrrole nitrogens is 1. The Morgan fingerprint density at radius 2 is 2.24 bits per heavy atom. The molecule has 1 saturated heterocycles. The third kappa shape index (κ3) is 1.94. The van der Waals surface area contributed by atoms with Crippen LogP contribution in [0.15, 0.2) is 15.8 Å². The lowest BCUT2D eigenvalue weighted by atomic mass is 10.1. The highest BCUT2D eigenvalue weighted by Crippen LogP contribution is 2.49. The fraction of sp³-hybridized carbons (Fsp3) is 0.600. The predicted octanol–water partition coefficient (Wildman–Crippen LogP) is -1.01. The van der Waals surface area contributed by atoms with Crippen molar-refractivity contribution >= 4 is 11.8 Å². The molecule has 7 heteroatoms. The Morgan fingerprint density at radius 3 is 2.76 bits per heavy atom. The molecule has 0 saturated carbocycles. The fourth-order valence-electron chi connectivity index (χ4n) is 1.96. The van der Waals surface area contributed by atoms with Gasteiger partial charge in [0.1, 0.15) is 4.87 Å². The van der Waals surface area contributed by atoms with E-state index in [4.69, 9.17) is 5.11 Å². The highest BCUT2D eigenvalue weighted by atomic mass is 32.2. The van der Waals surface area contributed by atoms with Gasteiger partial charge in [0.15, 0.2) is 0 Å². The van der Waals surface area contributed by atoms with Gasteiger partial charge in [-0.3, -0.25) is 14.3 Å². The van der Waals surface area contributed by atoms with E-state index in [1.54, 1.807) is 6.92 Å². The Bertz CT molecular complexity index is 530. The second-order valence-electron chi connectivity index (χ2n) is 4.17. The van der Waals surface area contributed by atoms with Crippen LogP contribution in [-0.2, 0) is 4.87 Å². The second kappa shape index (κ2) is 4.32. The second-order valence-corrected chi connectivity index (χ2v) is 5.83. The minimum absolute atomic E-state index is 0.0174. The molecule has 1 aromatic rings. The maximum Gasteiger partial charge on any atom is 0.329 e. The van der Waals surface area contributed by atoms with Crippen LogP contribution in [-0.4, -0.2) is 38.2 Å². The number of aromatic nitrogens is 2. The molecule has 0 bridgehead atoms. The van der Waals surface area contributed by atoms with Crippen molar-refractivity contribution in [3.05, 3.63) is 32.6 Å². The van der Waals surface area contributed by atoms with Crippen LogP contribution in [0.25, 0.3) is 0 Å². The first kappa shape index (κ1) is 12.4. The first-order valence-corrected chi connectivity index (χ1v) is 6.13. The van der Waals surface area contributed by atoms with Crippen LogP contribution in [0.5, 0.6) is 0 Å². The minimum atomic E-state index is -0.751. The Balaban J connectivity index is 2.43. The topological polar surface area (TPSA) is 95.3 Å². The molecule has 0 amide bonds. The molecule has 2 heterocycles. The molecule has 1 aliphatic rings. The van der Waals surface area contributed by atoms with Crippen LogP contribution in [0.3, 0.4) is 0 Å². The van der Waals surface area contributed by atoms with Gasteiger partial charge in [-0.25, -0.2) is 4.79 Å². The van der Waals surface area contributed by atoms with Gasteiger partial charge in [0, 0.05) is 17.0 Å². The van der Waals surface area contributed by atoms with E-state index in [1.165, 1.54) is 22.5 Å². The van der Waals surface area contributed by atoms with Gasteiger partial charge >= 0.3 is 5.69 Å². The number of rotatable bonds is 3. The van der Waals surface area contributed by atoms with Crippen LogP contribution in [0.1, 0.15) is 12.0 Å². The van der Waals surface area contributed by atoms with Gasteiger partial charge < -0.3 is 10.2 Å². The molecule has 2 atom stereocenters. The lowest BCUT2D eigenvalue weighted by Gasteiger charge is -2.46. The molecule has 0 unspecified atom stereocenters. The number of aliphatic hydroxyl groups excluding tert-OH is 2. The zero-order valence-corrected chi connectivity index (χ0v) is 10.2. The van der Waals surface area contributed by atoms with E-state index in [2.05, 4.69) is 4.98 Å². The van der Waals surface area contributed by atoms with E-state index >= 15 is 0 Å². The van der Waals surface area contributed by atoms with Crippen molar-refractivity contribution in [1.29, 1.82) is 0 Å². The number of thioether (sulfide) groups is 1. The van der Waals surface area contributed by atoms with Gasteiger partial charge in [-0.2, -0.15) is 0 Å².